The molecule has 35 heavy (non-hydrogen) atoms. The van der Waals surface area contributed by atoms with E-state index in [1.807, 2.05) is 31.1 Å². The van der Waals surface area contributed by atoms with Gasteiger partial charge in [0.15, 0.2) is 0 Å². The number of halogens is 4. The summed E-state index contributed by atoms with van der Waals surface area (Å²) in [6, 6.07) is 10.8. The molecule has 0 saturated carbocycles. The summed E-state index contributed by atoms with van der Waals surface area (Å²) >= 11 is 6.64. The highest BCUT2D eigenvalue weighted by Gasteiger charge is 2.38. The van der Waals surface area contributed by atoms with Gasteiger partial charge in [-0.05, 0) is 97.7 Å². The number of benzene rings is 2. The summed E-state index contributed by atoms with van der Waals surface area (Å²) in [4.78, 5) is 32.4. The van der Waals surface area contributed by atoms with Crippen LogP contribution in [0, 0.1) is 0 Å². The Kier molecular flexibility index (Phi) is 7.30. The number of hydrogen-bond acceptors (Lipinski definition) is 4. The lowest BCUT2D eigenvalue weighted by atomic mass is 9.93. The molecule has 1 N–H and O–H groups in total. The maximum absolute atomic E-state index is 13.8. The van der Waals surface area contributed by atoms with E-state index in [9.17, 15) is 22.8 Å². The number of allylic oxidation sites excluding steroid dienone is 1. The molecule has 1 aromatic heterocycles. The molecule has 2 aromatic carbocycles. The zero-order valence-corrected chi connectivity index (χ0v) is 20.7. The third-order valence-corrected chi connectivity index (χ3v) is 7.01. The Morgan fingerprint density at radius 3 is 2.60 bits per heavy atom. The Labute approximate surface area is 209 Å². The number of H-pyrrole nitrogens is 1. The van der Waals surface area contributed by atoms with E-state index in [4.69, 9.17) is 11.6 Å². The Morgan fingerprint density at radius 1 is 1.11 bits per heavy atom. The van der Waals surface area contributed by atoms with Crippen molar-refractivity contribution in [1.29, 1.82) is 0 Å². The fraction of sp³-hybridized carbons (Fsp3) is 0.280. The van der Waals surface area contributed by atoms with E-state index in [1.54, 1.807) is 18.3 Å². The van der Waals surface area contributed by atoms with Crippen LogP contribution in [0.25, 0.3) is 16.5 Å². The topological polar surface area (TPSA) is 56.4 Å². The average Bonchev–Trinajstić information content (AvgIpc) is 3.36. The molecule has 10 heteroatoms. The van der Waals surface area contributed by atoms with Gasteiger partial charge >= 0.3 is 6.18 Å². The van der Waals surface area contributed by atoms with Crippen LogP contribution in [0.5, 0.6) is 0 Å². The maximum atomic E-state index is 13.8. The maximum Gasteiger partial charge on any atom is 0.416 e. The minimum Gasteiger partial charge on any atom is -0.361 e. The largest absolute Gasteiger partial charge is 0.416 e. The number of rotatable bonds is 7. The lowest BCUT2D eigenvalue weighted by Crippen LogP contribution is -2.31. The fourth-order valence-corrected chi connectivity index (χ4v) is 5.17. The zero-order chi connectivity index (χ0) is 25.3. The van der Waals surface area contributed by atoms with Gasteiger partial charge in [0.05, 0.1) is 10.5 Å². The third kappa shape index (κ3) is 5.58. The molecular weight excluding hydrogens is 499 g/mol. The van der Waals surface area contributed by atoms with Crippen molar-refractivity contribution < 1.29 is 22.8 Å². The van der Waals surface area contributed by atoms with E-state index < -0.39 is 22.9 Å². The first-order chi connectivity index (χ1) is 16.5. The van der Waals surface area contributed by atoms with Gasteiger partial charge in [0.1, 0.15) is 0 Å². The van der Waals surface area contributed by atoms with Crippen LogP contribution in [-0.2, 0) is 17.4 Å². The Balaban J connectivity index is 1.80. The number of aromatic nitrogens is 1. The predicted octanol–water partition coefficient (Wildman–Crippen LogP) is 6.44. The van der Waals surface area contributed by atoms with Crippen molar-refractivity contribution in [3.63, 3.8) is 0 Å². The Morgan fingerprint density at radius 2 is 1.89 bits per heavy atom. The Bertz CT molecular complexity index is 1320. The molecule has 0 unspecified atom stereocenters. The SMILES string of the molecule is CN(C)CCCN1C(=O)S/C(=C(/Cc2ccc(Cl)cc2C(F)(F)F)c2ccc3[nH]ccc3c2)C1=O. The first kappa shape index (κ1) is 25.3. The number of carbonyl (C=O) groups is 2. The molecule has 0 radical (unpaired) electrons. The van der Waals surface area contributed by atoms with Crippen molar-refractivity contribution >= 4 is 51.0 Å². The summed E-state index contributed by atoms with van der Waals surface area (Å²) in [5, 5.41) is 0.395. The van der Waals surface area contributed by atoms with Crippen LogP contribution in [-0.4, -0.2) is 53.1 Å². The summed E-state index contributed by atoms with van der Waals surface area (Å²) < 4.78 is 41.4. The normalized spacial score (nSPS) is 16.1. The summed E-state index contributed by atoms with van der Waals surface area (Å²) in [5.74, 6) is -0.481. The van der Waals surface area contributed by atoms with Crippen LogP contribution in [0.2, 0.25) is 5.02 Å². The quantitative estimate of drug-likeness (QED) is 0.363. The summed E-state index contributed by atoms with van der Waals surface area (Å²) in [6.45, 7) is 0.933. The molecule has 1 fully saturated rings. The summed E-state index contributed by atoms with van der Waals surface area (Å²) in [7, 11) is 3.79. The van der Waals surface area contributed by atoms with Crippen molar-refractivity contribution in [2.75, 3.05) is 27.2 Å². The van der Waals surface area contributed by atoms with Crippen molar-refractivity contribution in [3.8, 4) is 0 Å². The second-order valence-corrected chi connectivity index (χ2v) is 9.94. The van der Waals surface area contributed by atoms with Crippen molar-refractivity contribution in [3.05, 3.63) is 75.3 Å². The van der Waals surface area contributed by atoms with E-state index in [-0.39, 0.29) is 28.5 Å². The molecule has 2 amide bonds. The molecule has 2 heterocycles. The fourth-order valence-electron chi connectivity index (χ4n) is 4.03. The Hall–Kier alpha value is -2.75. The van der Waals surface area contributed by atoms with E-state index in [0.29, 0.717) is 24.1 Å². The van der Waals surface area contributed by atoms with E-state index in [2.05, 4.69) is 4.98 Å². The highest BCUT2D eigenvalue weighted by Crippen LogP contribution is 2.41. The van der Waals surface area contributed by atoms with Gasteiger partial charge in [-0.15, -0.1) is 0 Å². The van der Waals surface area contributed by atoms with Gasteiger partial charge in [-0.3, -0.25) is 14.5 Å². The van der Waals surface area contributed by atoms with Crippen LogP contribution in [0.3, 0.4) is 0 Å². The number of hydrogen-bond donors (Lipinski definition) is 1. The van der Waals surface area contributed by atoms with Gasteiger partial charge in [0, 0.05) is 23.3 Å². The first-order valence-corrected chi connectivity index (χ1v) is 12.1. The van der Waals surface area contributed by atoms with Crippen molar-refractivity contribution in [2.24, 2.45) is 0 Å². The van der Waals surface area contributed by atoms with Crippen LogP contribution in [0.15, 0.2) is 53.6 Å². The predicted molar refractivity (Wildman–Crippen MR) is 133 cm³/mol. The lowest BCUT2D eigenvalue weighted by molar-refractivity contribution is -0.138. The molecule has 0 spiro atoms. The molecule has 184 valence electrons. The second kappa shape index (κ2) is 10.1. The number of carbonyl (C=O) groups excluding carboxylic acids is 2. The van der Waals surface area contributed by atoms with Gasteiger partial charge in [0.25, 0.3) is 11.1 Å². The van der Waals surface area contributed by atoms with Crippen LogP contribution in [0.4, 0.5) is 18.0 Å². The monoisotopic (exact) mass is 521 g/mol. The first-order valence-electron chi connectivity index (χ1n) is 10.9. The van der Waals surface area contributed by atoms with E-state index >= 15 is 0 Å². The van der Waals surface area contributed by atoms with Crippen molar-refractivity contribution in [1.82, 2.24) is 14.8 Å². The number of amides is 2. The molecule has 3 aromatic rings. The van der Waals surface area contributed by atoms with Crippen LogP contribution < -0.4 is 0 Å². The highest BCUT2D eigenvalue weighted by atomic mass is 35.5. The standard InChI is InChI=1S/C25H23ClF3N3O2S/c1-31(2)10-3-11-32-23(33)22(35-24(32)34)19(15-5-7-21-17(12-15)8-9-30-21)13-16-4-6-18(26)14-20(16)25(27,28)29/h4-9,12,14,30H,3,10-11,13H2,1-2H3/b22-19-. The molecule has 1 saturated heterocycles. The number of nitrogens with one attached hydrogen (secondary N) is 1. The number of fused-ring (bicyclic) bond motifs is 1. The van der Waals surface area contributed by atoms with Crippen molar-refractivity contribution in [2.45, 2.75) is 19.0 Å². The molecule has 0 aliphatic carbocycles. The molecule has 0 bridgehead atoms. The molecule has 1 aliphatic heterocycles. The number of alkyl halides is 3. The third-order valence-electron chi connectivity index (χ3n) is 5.76. The highest BCUT2D eigenvalue weighted by molar-refractivity contribution is 8.18. The minimum atomic E-state index is -4.62. The van der Waals surface area contributed by atoms with Gasteiger partial charge < -0.3 is 9.88 Å². The number of aromatic amines is 1. The molecule has 5 nitrogen and oxygen atoms in total. The van der Waals surface area contributed by atoms with E-state index in [0.717, 1.165) is 28.7 Å². The molecule has 4 rings (SSSR count). The number of nitrogens with zero attached hydrogens (tertiary/aromatic N) is 2. The second-order valence-electron chi connectivity index (χ2n) is 8.54. The van der Waals surface area contributed by atoms with E-state index in [1.165, 1.54) is 17.0 Å². The average molecular weight is 522 g/mol. The summed E-state index contributed by atoms with van der Waals surface area (Å²) in [5.41, 5.74) is 0.923. The summed E-state index contributed by atoms with van der Waals surface area (Å²) in [6.07, 6.45) is -2.46. The number of imide groups is 1. The zero-order valence-electron chi connectivity index (χ0n) is 19.1. The van der Waals surface area contributed by atoms with Gasteiger partial charge in [-0.2, -0.15) is 13.2 Å². The number of thioether (sulfide) groups is 1. The smallest absolute Gasteiger partial charge is 0.361 e. The molecule has 1 aliphatic rings. The molecule has 0 atom stereocenters. The van der Waals surface area contributed by atoms with Gasteiger partial charge in [-0.1, -0.05) is 23.7 Å². The lowest BCUT2D eigenvalue weighted by Gasteiger charge is -2.17. The van der Waals surface area contributed by atoms with Crippen LogP contribution >= 0.6 is 23.4 Å². The van der Waals surface area contributed by atoms with Crippen LogP contribution in [0.1, 0.15) is 23.1 Å². The molecular formula is C25H23ClF3N3O2S. The van der Waals surface area contributed by atoms with Gasteiger partial charge in [-0.25, -0.2) is 0 Å². The van der Waals surface area contributed by atoms with Gasteiger partial charge in [0.2, 0.25) is 0 Å². The minimum absolute atomic E-state index is 0.0227.